The monoisotopic (exact) mass is 730 g/mol. The SMILES string of the molecule is c1ccc(-c2ccc(-c3nc(-c4ccccc4)cc(-c4ccc5c(c4)Oc4c(ccc6c4-c4ccccc4C6(c4ccccc4)c4ccccc4)O5)n3)cc2)cc1. The fourth-order valence-electron chi connectivity index (χ4n) is 8.65. The van der Waals surface area contributed by atoms with Gasteiger partial charge in [0.1, 0.15) is 0 Å². The van der Waals surface area contributed by atoms with E-state index in [9.17, 15) is 0 Å². The minimum absolute atomic E-state index is 0.542. The van der Waals surface area contributed by atoms with Crippen LogP contribution in [-0.4, -0.2) is 9.97 Å². The molecular formula is C53H34N2O2. The molecule has 9 aromatic rings. The molecule has 0 amide bonds. The Morgan fingerprint density at radius 1 is 0.351 bits per heavy atom. The molecule has 0 N–H and O–H groups in total. The van der Waals surface area contributed by atoms with Crippen molar-refractivity contribution in [3.05, 3.63) is 229 Å². The van der Waals surface area contributed by atoms with E-state index < -0.39 is 5.41 Å². The van der Waals surface area contributed by atoms with Gasteiger partial charge in [0.2, 0.25) is 0 Å². The molecule has 0 saturated carbocycles. The number of hydrogen-bond acceptors (Lipinski definition) is 4. The first-order valence-corrected chi connectivity index (χ1v) is 19.2. The third kappa shape index (κ3) is 5.37. The number of hydrogen-bond donors (Lipinski definition) is 0. The summed E-state index contributed by atoms with van der Waals surface area (Å²) in [6.45, 7) is 0. The van der Waals surface area contributed by atoms with Crippen LogP contribution >= 0.6 is 0 Å². The lowest BCUT2D eigenvalue weighted by Crippen LogP contribution is -2.28. The Morgan fingerprint density at radius 3 is 1.56 bits per heavy atom. The number of rotatable bonds is 6. The third-order valence-corrected chi connectivity index (χ3v) is 11.3. The first kappa shape index (κ1) is 32.8. The Balaban J connectivity index is 1.03. The van der Waals surface area contributed by atoms with Crippen molar-refractivity contribution < 1.29 is 9.47 Å². The van der Waals surface area contributed by atoms with Crippen LogP contribution < -0.4 is 9.47 Å². The van der Waals surface area contributed by atoms with Gasteiger partial charge < -0.3 is 9.47 Å². The first-order valence-electron chi connectivity index (χ1n) is 19.2. The van der Waals surface area contributed by atoms with Gasteiger partial charge in [-0.25, -0.2) is 9.97 Å². The van der Waals surface area contributed by atoms with Crippen molar-refractivity contribution in [1.29, 1.82) is 0 Å². The number of nitrogens with zero attached hydrogens (tertiary/aromatic N) is 2. The fourth-order valence-corrected chi connectivity index (χ4v) is 8.65. The highest BCUT2D eigenvalue weighted by molar-refractivity contribution is 5.92. The van der Waals surface area contributed by atoms with Gasteiger partial charge in [-0.2, -0.15) is 0 Å². The first-order chi connectivity index (χ1) is 28.2. The van der Waals surface area contributed by atoms with E-state index in [-0.39, 0.29) is 0 Å². The minimum atomic E-state index is -0.542. The van der Waals surface area contributed by atoms with Gasteiger partial charge in [0.15, 0.2) is 28.8 Å². The van der Waals surface area contributed by atoms with Crippen LogP contribution in [0.3, 0.4) is 0 Å². The molecule has 0 saturated heterocycles. The second-order valence-electron chi connectivity index (χ2n) is 14.5. The van der Waals surface area contributed by atoms with Gasteiger partial charge >= 0.3 is 0 Å². The van der Waals surface area contributed by atoms with Gasteiger partial charge in [0.25, 0.3) is 0 Å². The average Bonchev–Trinajstić information content (AvgIpc) is 3.61. The number of aromatic nitrogens is 2. The highest BCUT2D eigenvalue weighted by Crippen LogP contribution is 2.62. The van der Waals surface area contributed by atoms with Crippen LogP contribution in [0.2, 0.25) is 0 Å². The van der Waals surface area contributed by atoms with E-state index in [0.717, 1.165) is 50.3 Å². The summed E-state index contributed by atoms with van der Waals surface area (Å²) in [6.07, 6.45) is 0. The van der Waals surface area contributed by atoms with Crippen LogP contribution in [0, 0.1) is 0 Å². The summed E-state index contributed by atoms with van der Waals surface area (Å²) >= 11 is 0. The lowest BCUT2D eigenvalue weighted by molar-refractivity contribution is 0.360. The van der Waals surface area contributed by atoms with Crippen molar-refractivity contribution in [2.75, 3.05) is 0 Å². The fraction of sp³-hybridized carbons (Fsp3) is 0.0189. The molecule has 268 valence electrons. The molecule has 2 aliphatic rings. The van der Waals surface area contributed by atoms with Crippen molar-refractivity contribution in [3.63, 3.8) is 0 Å². The summed E-state index contributed by atoms with van der Waals surface area (Å²) in [6, 6.07) is 71.8. The molecule has 8 aromatic carbocycles. The molecule has 2 heterocycles. The Hall–Kier alpha value is -7.56. The topological polar surface area (TPSA) is 44.2 Å². The standard InChI is InChI=1S/C53H34N2O2/c1-5-15-35(16-6-1)36-25-27-38(28-26-36)52-54-45(37-17-7-2-8-18-37)34-46(55-52)39-29-31-47-49(33-39)57-51-48(56-47)32-30-44-50(51)42-23-13-14-24-43(42)53(44,40-19-9-3-10-20-40)41-21-11-4-12-22-41/h1-34H. The summed E-state index contributed by atoms with van der Waals surface area (Å²) in [5.41, 5.74) is 13.2. The summed E-state index contributed by atoms with van der Waals surface area (Å²) in [7, 11) is 0. The Bertz CT molecular complexity index is 2890. The van der Waals surface area contributed by atoms with E-state index in [1.807, 2.05) is 42.5 Å². The number of benzene rings is 8. The van der Waals surface area contributed by atoms with E-state index in [0.29, 0.717) is 28.8 Å². The van der Waals surface area contributed by atoms with Gasteiger partial charge in [-0.3, -0.25) is 0 Å². The molecular weight excluding hydrogens is 697 g/mol. The van der Waals surface area contributed by atoms with Crippen molar-refractivity contribution in [2.24, 2.45) is 0 Å². The zero-order chi connectivity index (χ0) is 37.8. The maximum absolute atomic E-state index is 7.02. The van der Waals surface area contributed by atoms with E-state index >= 15 is 0 Å². The molecule has 0 atom stereocenters. The summed E-state index contributed by atoms with van der Waals surface area (Å²) in [5, 5.41) is 0. The highest BCUT2D eigenvalue weighted by atomic mass is 16.6. The largest absolute Gasteiger partial charge is 0.449 e. The Labute approximate surface area is 331 Å². The normalized spacial score (nSPS) is 13.0. The minimum Gasteiger partial charge on any atom is -0.449 e. The van der Waals surface area contributed by atoms with Gasteiger partial charge in [-0.15, -0.1) is 0 Å². The summed E-state index contributed by atoms with van der Waals surface area (Å²) < 4.78 is 13.7. The van der Waals surface area contributed by atoms with Gasteiger partial charge in [0, 0.05) is 22.3 Å². The van der Waals surface area contributed by atoms with Crippen LogP contribution in [-0.2, 0) is 5.41 Å². The molecule has 1 aliphatic carbocycles. The zero-order valence-electron chi connectivity index (χ0n) is 30.8. The lowest BCUT2D eigenvalue weighted by Gasteiger charge is -2.34. The maximum Gasteiger partial charge on any atom is 0.178 e. The molecule has 4 nitrogen and oxygen atoms in total. The van der Waals surface area contributed by atoms with Crippen LogP contribution in [0.1, 0.15) is 22.3 Å². The van der Waals surface area contributed by atoms with Crippen LogP contribution in [0.25, 0.3) is 56.2 Å². The van der Waals surface area contributed by atoms with Crippen molar-refractivity contribution >= 4 is 0 Å². The molecule has 1 aliphatic heterocycles. The summed E-state index contributed by atoms with van der Waals surface area (Å²) in [5.74, 6) is 3.35. The molecule has 57 heavy (non-hydrogen) atoms. The lowest BCUT2D eigenvalue weighted by atomic mass is 9.68. The predicted octanol–water partition coefficient (Wildman–Crippen LogP) is 13.4. The van der Waals surface area contributed by atoms with Crippen molar-refractivity contribution in [1.82, 2.24) is 9.97 Å². The molecule has 11 rings (SSSR count). The number of ether oxygens (including phenoxy) is 2. The highest BCUT2D eigenvalue weighted by Gasteiger charge is 2.48. The molecule has 0 fully saturated rings. The molecule has 0 bridgehead atoms. The second-order valence-corrected chi connectivity index (χ2v) is 14.5. The van der Waals surface area contributed by atoms with E-state index in [4.69, 9.17) is 19.4 Å². The van der Waals surface area contributed by atoms with E-state index in [1.165, 1.54) is 22.3 Å². The van der Waals surface area contributed by atoms with Gasteiger partial charge in [-0.1, -0.05) is 176 Å². The molecule has 4 heteroatoms. The predicted molar refractivity (Wildman–Crippen MR) is 228 cm³/mol. The quantitative estimate of drug-likeness (QED) is 0.171. The van der Waals surface area contributed by atoms with Crippen molar-refractivity contribution in [3.8, 4) is 79.2 Å². The van der Waals surface area contributed by atoms with Gasteiger partial charge in [0.05, 0.1) is 16.8 Å². The molecule has 1 aromatic heterocycles. The Kier molecular flexibility index (Phi) is 7.68. The Morgan fingerprint density at radius 2 is 0.877 bits per heavy atom. The number of fused-ring (bicyclic) bond motifs is 6. The molecule has 0 radical (unpaired) electrons. The van der Waals surface area contributed by atoms with Gasteiger partial charge in [-0.05, 0) is 69.3 Å². The van der Waals surface area contributed by atoms with Crippen molar-refractivity contribution in [2.45, 2.75) is 5.41 Å². The second kappa shape index (κ2) is 13.3. The summed E-state index contributed by atoms with van der Waals surface area (Å²) in [4.78, 5) is 10.2. The average molecular weight is 731 g/mol. The molecule has 0 spiro atoms. The zero-order valence-corrected chi connectivity index (χ0v) is 30.8. The van der Waals surface area contributed by atoms with Crippen LogP contribution in [0.15, 0.2) is 206 Å². The smallest absolute Gasteiger partial charge is 0.178 e. The van der Waals surface area contributed by atoms with E-state index in [1.54, 1.807) is 0 Å². The maximum atomic E-state index is 7.02. The van der Waals surface area contributed by atoms with Crippen LogP contribution in [0.4, 0.5) is 0 Å². The van der Waals surface area contributed by atoms with Crippen LogP contribution in [0.5, 0.6) is 23.0 Å². The van der Waals surface area contributed by atoms with E-state index in [2.05, 4.69) is 164 Å². The third-order valence-electron chi connectivity index (χ3n) is 11.3. The molecule has 0 unspecified atom stereocenters.